The van der Waals surface area contributed by atoms with Crippen molar-refractivity contribution in [2.75, 3.05) is 18.4 Å². The molecule has 0 aliphatic rings. The zero-order chi connectivity index (χ0) is 28.5. The molecule has 0 aliphatic carbocycles. The lowest BCUT2D eigenvalue weighted by Crippen LogP contribution is -2.04. The molecule has 4 rings (SSSR count). The van der Waals surface area contributed by atoms with Crippen molar-refractivity contribution in [2.24, 2.45) is 4.99 Å². The first kappa shape index (κ1) is 29.3. The molecule has 0 bridgehead atoms. The summed E-state index contributed by atoms with van der Waals surface area (Å²) in [5.74, 6) is 0.399. The lowest BCUT2D eigenvalue weighted by molar-refractivity contribution is -0.113. The molecule has 3 aromatic carbocycles. The molecule has 40 heavy (non-hydrogen) atoms. The second-order valence-corrected chi connectivity index (χ2v) is 10.7. The number of carbonyl (C=O) groups is 1. The monoisotopic (exact) mass is 573 g/mol. The van der Waals surface area contributed by atoms with Gasteiger partial charge in [-0.25, -0.2) is 0 Å². The zero-order valence-corrected chi connectivity index (χ0v) is 24.2. The van der Waals surface area contributed by atoms with E-state index in [1.807, 2.05) is 48.5 Å². The number of fused-ring (bicyclic) bond motifs is 1. The van der Waals surface area contributed by atoms with Crippen LogP contribution >= 0.6 is 23.2 Å². The van der Waals surface area contributed by atoms with E-state index in [1.165, 1.54) is 0 Å². The average molecular weight is 575 g/mol. The first-order valence-electron chi connectivity index (χ1n) is 13.4. The molecule has 0 amide bonds. The van der Waals surface area contributed by atoms with E-state index >= 15 is 0 Å². The summed E-state index contributed by atoms with van der Waals surface area (Å²) in [7, 11) is 0. The van der Waals surface area contributed by atoms with Crippen molar-refractivity contribution in [1.29, 1.82) is 0 Å². The Hall–Kier alpha value is -3.67. The summed E-state index contributed by atoms with van der Waals surface area (Å²) >= 11 is 12.0. The SMILES string of the molecule is CCC(C)c1cc(/C=C/C(=O)Cc2ccc(Cl)cc2)cc(C=NCCCNc2ccnc3cc(Cl)ccc23)c1O. The van der Waals surface area contributed by atoms with Crippen molar-refractivity contribution in [3.8, 4) is 5.75 Å². The van der Waals surface area contributed by atoms with Crippen LogP contribution < -0.4 is 5.32 Å². The maximum absolute atomic E-state index is 12.5. The summed E-state index contributed by atoms with van der Waals surface area (Å²) in [5.41, 5.74) is 5.12. The zero-order valence-electron chi connectivity index (χ0n) is 22.7. The molecule has 0 fully saturated rings. The normalized spacial score (nSPS) is 12.4. The van der Waals surface area contributed by atoms with Crippen LogP contribution in [0.25, 0.3) is 17.0 Å². The second kappa shape index (κ2) is 14.1. The van der Waals surface area contributed by atoms with Gasteiger partial charge in [-0.05, 0) is 90.1 Å². The maximum atomic E-state index is 12.5. The number of phenolic OH excluding ortho intramolecular Hbond substituents is 1. The summed E-state index contributed by atoms with van der Waals surface area (Å²) in [6.45, 7) is 5.50. The minimum Gasteiger partial charge on any atom is -0.507 e. The molecule has 1 heterocycles. The Morgan fingerprint density at radius 3 is 2.62 bits per heavy atom. The number of aromatic nitrogens is 1. The third-order valence-corrected chi connectivity index (χ3v) is 7.29. The van der Waals surface area contributed by atoms with Gasteiger partial charge in [-0.1, -0.05) is 55.3 Å². The predicted octanol–water partition coefficient (Wildman–Crippen LogP) is 8.51. The second-order valence-electron chi connectivity index (χ2n) is 9.80. The molecule has 5 nitrogen and oxygen atoms in total. The van der Waals surface area contributed by atoms with Gasteiger partial charge in [0.05, 0.1) is 5.52 Å². The van der Waals surface area contributed by atoms with E-state index in [1.54, 1.807) is 36.7 Å². The number of rotatable bonds is 12. The summed E-state index contributed by atoms with van der Waals surface area (Å²) in [5, 5.41) is 16.7. The number of phenols is 1. The van der Waals surface area contributed by atoms with Gasteiger partial charge < -0.3 is 10.4 Å². The van der Waals surface area contributed by atoms with Crippen LogP contribution in [-0.2, 0) is 11.2 Å². The topological polar surface area (TPSA) is 74.6 Å². The van der Waals surface area contributed by atoms with Crippen molar-refractivity contribution in [1.82, 2.24) is 4.98 Å². The number of anilines is 1. The molecular weight excluding hydrogens is 541 g/mol. The third kappa shape index (κ3) is 7.93. The molecule has 0 spiro atoms. The van der Waals surface area contributed by atoms with Gasteiger partial charge in [0.1, 0.15) is 5.75 Å². The van der Waals surface area contributed by atoms with Crippen LogP contribution in [0.5, 0.6) is 5.75 Å². The van der Waals surface area contributed by atoms with Crippen molar-refractivity contribution < 1.29 is 9.90 Å². The van der Waals surface area contributed by atoms with Crippen LogP contribution in [0.1, 0.15) is 54.9 Å². The van der Waals surface area contributed by atoms with Crippen LogP contribution in [0.2, 0.25) is 10.0 Å². The number of nitrogens with zero attached hydrogens (tertiary/aromatic N) is 2. The van der Waals surface area contributed by atoms with Crippen molar-refractivity contribution in [2.45, 2.75) is 39.0 Å². The molecule has 0 radical (unpaired) electrons. The van der Waals surface area contributed by atoms with Gasteiger partial charge in [0, 0.05) is 58.6 Å². The predicted molar refractivity (Wildman–Crippen MR) is 168 cm³/mol. The smallest absolute Gasteiger partial charge is 0.160 e. The molecule has 1 unspecified atom stereocenters. The van der Waals surface area contributed by atoms with E-state index < -0.39 is 0 Å². The molecule has 1 aromatic heterocycles. The Kier molecular flexibility index (Phi) is 10.3. The quantitative estimate of drug-likeness (QED) is 0.101. The summed E-state index contributed by atoms with van der Waals surface area (Å²) in [6.07, 6.45) is 8.87. The lowest BCUT2D eigenvalue weighted by Gasteiger charge is -2.14. The fourth-order valence-corrected chi connectivity index (χ4v) is 4.67. The van der Waals surface area contributed by atoms with Crippen LogP contribution in [0.15, 0.2) is 77.9 Å². The number of allylic oxidation sites excluding steroid dienone is 1. The highest BCUT2D eigenvalue weighted by Crippen LogP contribution is 2.32. The first-order chi connectivity index (χ1) is 19.3. The molecule has 4 aromatic rings. The van der Waals surface area contributed by atoms with E-state index in [4.69, 9.17) is 23.2 Å². The van der Waals surface area contributed by atoms with Gasteiger partial charge in [-0.15, -0.1) is 0 Å². The Balaban J connectivity index is 1.40. The number of aromatic hydroxyl groups is 1. The third-order valence-electron chi connectivity index (χ3n) is 6.80. The number of hydrogen-bond acceptors (Lipinski definition) is 5. The van der Waals surface area contributed by atoms with Crippen molar-refractivity contribution in [3.63, 3.8) is 0 Å². The van der Waals surface area contributed by atoms with E-state index in [0.29, 0.717) is 28.6 Å². The van der Waals surface area contributed by atoms with Crippen LogP contribution in [0.3, 0.4) is 0 Å². The first-order valence-corrected chi connectivity index (χ1v) is 14.2. The summed E-state index contributed by atoms with van der Waals surface area (Å²) in [6, 6.07) is 18.7. The molecule has 0 saturated heterocycles. The number of pyridine rings is 1. The van der Waals surface area contributed by atoms with E-state index in [9.17, 15) is 9.90 Å². The maximum Gasteiger partial charge on any atom is 0.160 e. The number of nitrogens with one attached hydrogen (secondary N) is 1. The molecule has 0 aliphatic heterocycles. The van der Waals surface area contributed by atoms with Gasteiger partial charge in [-0.3, -0.25) is 14.8 Å². The Morgan fingerprint density at radius 1 is 1.07 bits per heavy atom. The van der Waals surface area contributed by atoms with Gasteiger partial charge in [0.2, 0.25) is 0 Å². The minimum absolute atomic E-state index is 0.00622. The van der Waals surface area contributed by atoms with E-state index in [2.05, 4.69) is 29.1 Å². The van der Waals surface area contributed by atoms with E-state index in [-0.39, 0.29) is 17.5 Å². The molecule has 0 saturated carbocycles. The summed E-state index contributed by atoms with van der Waals surface area (Å²) < 4.78 is 0. The number of hydrogen-bond donors (Lipinski definition) is 2. The number of carbonyl (C=O) groups excluding carboxylic acids is 1. The molecule has 7 heteroatoms. The number of aliphatic imine (C=N–C) groups is 1. The lowest BCUT2D eigenvalue weighted by atomic mass is 9.93. The standard InChI is InChI=1S/C33H33Cl2N3O2/c1-3-22(2)30-19-24(7-11-28(39)18-23-5-8-26(34)9-6-23)17-25(33(30)40)21-36-14-4-15-37-31-13-16-38-32-20-27(35)10-12-29(31)32/h5-13,16-17,19-22,40H,3-4,14-15,18H2,1-2H3,(H,37,38)/b11-7+,36-21?. The Labute approximate surface area is 245 Å². The fourth-order valence-electron chi connectivity index (χ4n) is 4.38. The number of halogens is 2. The highest BCUT2D eigenvalue weighted by Gasteiger charge is 2.13. The van der Waals surface area contributed by atoms with Crippen LogP contribution in [-0.4, -0.2) is 35.2 Å². The van der Waals surface area contributed by atoms with Gasteiger partial charge in [0.15, 0.2) is 5.78 Å². The van der Waals surface area contributed by atoms with Gasteiger partial charge >= 0.3 is 0 Å². The fraction of sp³-hybridized carbons (Fsp3) is 0.242. The average Bonchev–Trinajstić information content (AvgIpc) is 2.95. The molecule has 206 valence electrons. The van der Waals surface area contributed by atoms with Gasteiger partial charge in [0.25, 0.3) is 0 Å². The molecule has 2 N–H and O–H groups in total. The highest BCUT2D eigenvalue weighted by atomic mass is 35.5. The van der Waals surface area contributed by atoms with Crippen molar-refractivity contribution in [3.05, 3.63) is 105 Å². The minimum atomic E-state index is -0.00622. The van der Waals surface area contributed by atoms with Crippen LogP contribution in [0, 0.1) is 0 Å². The number of ketones is 1. The van der Waals surface area contributed by atoms with E-state index in [0.717, 1.165) is 52.7 Å². The largest absolute Gasteiger partial charge is 0.507 e. The van der Waals surface area contributed by atoms with Crippen molar-refractivity contribution >= 4 is 57.9 Å². The molecule has 1 atom stereocenters. The highest BCUT2D eigenvalue weighted by molar-refractivity contribution is 6.31. The summed E-state index contributed by atoms with van der Waals surface area (Å²) in [4.78, 5) is 21.5. The van der Waals surface area contributed by atoms with Gasteiger partial charge in [-0.2, -0.15) is 0 Å². The Morgan fingerprint density at radius 2 is 1.85 bits per heavy atom. The Bertz CT molecular complexity index is 1530. The van der Waals surface area contributed by atoms with Crippen LogP contribution in [0.4, 0.5) is 5.69 Å². The number of benzene rings is 3. The molecular formula is C33H33Cl2N3O2.